The van der Waals surface area contributed by atoms with Gasteiger partial charge in [0, 0.05) is 21.9 Å². The lowest BCUT2D eigenvalue weighted by Gasteiger charge is -2.25. The first-order valence-electron chi connectivity index (χ1n) is 6.75. The molecule has 4 heteroatoms. The monoisotopic (exact) mass is 353 g/mol. The van der Waals surface area contributed by atoms with E-state index in [1.807, 2.05) is 24.3 Å². The van der Waals surface area contributed by atoms with Gasteiger partial charge in [-0.15, -0.1) is 11.3 Å². The summed E-state index contributed by atoms with van der Waals surface area (Å²) in [7, 11) is 2.11. The smallest absolute Gasteiger partial charge is 0.0802 e. The minimum absolute atomic E-state index is 0.393. The average Bonchev–Trinajstić information content (AvgIpc) is 2.97. The number of rotatable bonds is 6. The Hall–Kier alpha value is -0.680. The molecule has 0 aliphatic heterocycles. The van der Waals surface area contributed by atoms with Crippen molar-refractivity contribution in [3.8, 4) is 0 Å². The molecule has 0 aliphatic rings. The van der Waals surface area contributed by atoms with E-state index in [2.05, 4.69) is 52.3 Å². The summed E-state index contributed by atoms with van der Waals surface area (Å²) < 4.78 is 1.01. The molecule has 0 saturated carbocycles. The van der Waals surface area contributed by atoms with Crippen LogP contribution in [0.2, 0.25) is 0 Å². The summed E-state index contributed by atoms with van der Waals surface area (Å²) in [5.74, 6) is 0. The van der Waals surface area contributed by atoms with Crippen LogP contribution in [0.25, 0.3) is 0 Å². The van der Waals surface area contributed by atoms with Crippen molar-refractivity contribution in [1.82, 2.24) is 4.90 Å². The molecule has 2 nitrogen and oxygen atoms in total. The van der Waals surface area contributed by atoms with E-state index < -0.39 is 6.10 Å². The maximum absolute atomic E-state index is 10.3. The number of hydrogen-bond acceptors (Lipinski definition) is 3. The molecular weight excluding hydrogens is 334 g/mol. The second kappa shape index (κ2) is 7.36. The summed E-state index contributed by atoms with van der Waals surface area (Å²) in [6.45, 7) is 3.07. The normalized spacial score (nSPS) is 14.4. The van der Waals surface area contributed by atoms with Crippen LogP contribution in [0.5, 0.6) is 0 Å². The van der Waals surface area contributed by atoms with Crippen molar-refractivity contribution in [2.75, 3.05) is 13.6 Å². The molecule has 1 N–H and O–H groups in total. The van der Waals surface area contributed by atoms with Gasteiger partial charge in [-0.2, -0.15) is 0 Å². The van der Waals surface area contributed by atoms with Gasteiger partial charge in [0.25, 0.3) is 0 Å². The van der Waals surface area contributed by atoms with Gasteiger partial charge >= 0.3 is 0 Å². The molecule has 0 amide bonds. The van der Waals surface area contributed by atoms with Gasteiger partial charge in [0.15, 0.2) is 0 Å². The lowest BCUT2D eigenvalue weighted by molar-refractivity contribution is 0.139. The first kappa shape index (κ1) is 15.7. The summed E-state index contributed by atoms with van der Waals surface area (Å²) in [5, 5.41) is 12.4. The Morgan fingerprint density at radius 2 is 2.10 bits per heavy atom. The fourth-order valence-corrected chi connectivity index (χ4v) is 3.41. The van der Waals surface area contributed by atoms with E-state index in [1.54, 1.807) is 11.3 Å². The van der Waals surface area contributed by atoms with E-state index in [9.17, 15) is 5.11 Å². The number of hydrogen-bond donors (Lipinski definition) is 1. The molecule has 1 heterocycles. The van der Waals surface area contributed by atoms with Crippen LogP contribution in [0.15, 0.2) is 46.3 Å². The van der Waals surface area contributed by atoms with Crippen LogP contribution < -0.4 is 0 Å². The zero-order chi connectivity index (χ0) is 14.5. The molecular formula is C16H20BrNOS. The quantitative estimate of drug-likeness (QED) is 0.818. The average molecular weight is 354 g/mol. The molecule has 0 saturated heterocycles. The number of aliphatic hydroxyl groups is 1. The summed E-state index contributed by atoms with van der Waals surface area (Å²) >= 11 is 5.22. The Kier molecular flexibility index (Phi) is 5.78. The molecule has 0 aliphatic carbocycles. The second-order valence-corrected chi connectivity index (χ2v) is 6.93. The lowest BCUT2D eigenvalue weighted by Crippen LogP contribution is -2.24. The Bertz CT molecular complexity index is 529. The van der Waals surface area contributed by atoms with Crippen LogP contribution in [0.1, 0.15) is 35.9 Å². The highest BCUT2D eigenvalue weighted by Gasteiger charge is 2.15. The topological polar surface area (TPSA) is 23.5 Å². The van der Waals surface area contributed by atoms with Crippen LogP contribution in [-0.4, -0.2) is 23.6 Å². The third-order valence-electron chi connectivity index (χ3n) is 3.60. The second-order valence-electron chi connectivity index (χ2n) is 5.03. The van der Waals surface area contributed by atoms with Crippen LogP contribution in [0.3, 0.4) is 0 Å². The molecule has 0 spiro atoms. The summed E-state index contributed by atoms with van der Waals surface area (Å²) in [6.07, 6.45) is 0.327. The van der Waals surface area contributed by atoms with Gasteiger partial charge in [0.05, 0.1) is 6.10 Å². The molecule has 2 rings (SSSR count). The van der Waals surface area contributed by atoms with Crippen molar-refractivity contribution in [1.29, 1.82) is 0 Å². The molecule has 1 aromatic carbocycles. The lowest BCUT2D eigenvalue weighted by atomic mass is 10.1. The van der Waals surface area contributed by atoms with Crippen molar-refractivity contribution in [2.24, 2.45) is 0 Å². The van der Waals surface area contributed by atoms with Gasteiger partial charge in [-0.25, -0.2) is 0 Å². The number of halogens is 1. The van der Waals surface area contributed by atoms with Crippen LogP contribution in [0.4, 0.5) is 0 Å². The fourth-order valence-electron chi connectivity index (χ4n) is 2.15. The van der Waals surface area contributed by atoms with Gasteiger partial charge in [-0.3, -0.25) is 4.90 Å². The van der Waals surface area contributed by atoms with E-state index in [-0.39, 0.29) is 0 Å². The van der Waals surface area contributed by atoms with Crippen molar-refractivity contribution in [3.05, 3.63) is 56.7 Å². The highest BCUT2D eigenvalue weighted by molar-refractivity contribution is 9.10. The van der Waals surface area contributed by atoms with Gasteiger partial charge in [0.1, 0.15) is 0 Å². The van der Waals surface area contributed by atoms with E-state index in [4.69, 9.17) is 0 Å². The van der Waals surface area contributed by atoms with Crippen molar-refractivity contribution in [2.45, 2.75) is 25.5 Å². The van der Waals surface area contributed by atoms with Gasteiger partial charge < -0.3 is 5.11 Å². The number of benzene rings is 1. The van der Waals surface area contributed by atoms with Gasteiger partial charge in [-0.05, 0) is 49.5 Å². The van der Waals surface area contributed by atoms with E-state index >= 15 is 0 Å². The predicted molar refractivity (Wildman–Crippen MR) is 89.1 cm³/mol. The standard InChI is InChI=1S/C16H20BrNOS/c1-12(16-7-4-10-20-16)18(2)9-8-15(19)13-5-3-6-14(17)11-13/h3-7,10-12,15,19H,8-9H2,1-2H3. The highest BCUT2D eigenvalue weighted by Crippen LogP contribution is 2.25. The third-order valence-corrected chi connectivity index (χ3v) is 5.14. The minimum Gasteiger partial charge on any atom is -0.388 e. The SMILES string of the molecule is CC(c1cccs1)N(C)CCC(O)c1cccc(Br)c1. The molecule has 0 radical (unpaired) electrons. The Morgan fingerprint density at radius 3 is 2.75 bits per heavy atom. The van der Waals surface area contributed by atoms with E-state index in [0.29, 0.717) is 6.04 Å². The zero-order valence-corrected chi connectivity index (χ0v) is 14.2. The molecule has 2 atom stereocenters. The first-order chi connectivity index (χ1) is 9.58. The number of nitrogens with zero attached hydrogens (tertiary/aromatic N) is 1. The molecule has 1 aromatic heterocycles. The largest absolute Gasteiger partial charge is 0.388 e. The van der Waals surface area contributed by atoms with Crippen LogP contribution >= 0.6 is 27.3 Å². The molecule has 2 aromatic rings. The Labute approximate surface area is 133 Å². The molecule has 2 unspecified atom stereocenters. The minimum atomic E-state index is -0.412. The van der Waals surface area contributed by atoms with Crippen LogP contribution in [0, 0.1) is 0 Å². The molecule has 0 bridgehead atoms. The van der Waals surface area contributed by atoms with Crippen LogP contribution in [-0.2, 0) is 0 Å². The highest BCUT2D eigenvalue weighted by atomic mass is 79.9. The van der Waals surface area contributed by atoms with Crippen molar-refractivity contribution in [3.63, 3.8) is 0 Å². The maximum atomic E-state index is 10.3. The van der Waals surface area contributed by atoms with Crippen molar-refractivity contribution < 1.29 is 5.11 Å². The van der Waals surface area contributed by atoms with E-state index in [1.165, 1.54) is 4.88 Å². The summed E-state index contributed by atoms with van der Waals surface area (Å²) in [6, 6.07) is 12.5. The third kappa shape index (κ3) is 4.16. The van der Waals surface area contributed by atoms with Gasteiger partial charge in [0.2, 0.25) is 0 Å². The maximum Gasteiger partial charge on any atom is 0.0802 e. The summed E-state index contributed by atoms with van der Waals surface area (Å²) in [4.78, 5) is 3.65. The Morgan fingerprint density at radius 1 is 1.30 bits per heavy atom. The number of aliphatic hydroxyl groups excluding tert-OH is 1. The Balaban J connectivity index is 1.88. The zero-order valence-electron chi connectivity index (χ0n) is 11.8. The molecule has 108 valence electrons. The van der Waals surface area contributed by atoms with Crippen molar-refractivity contribution >= 4 is 27.3 Å². The number of thiophene rings is 1. The molecule has 0 fully saturated rings. The van der Waals surface area contributed by atoms with E-state index in [0.717, 1.165) is 23.0 Å². The van der Waals surface area contributed by atoms with Gasteiger partial charge in [-0.1, -0.05) is 34.1 Å². The summed E-state index contributed by atoms with van der Waals surface area (Å²) in [5.41, 5.74) is 0.969. The fraction of sp³-hybridized carbons (Fsp3) is 0.375. The molecule has 20 heavy (non-hydrogen) atoms. The first-order valence-corrected chi connectivity index (χ1v) is 8.42. The predicted octanol–water partition coefficient (Wildman–Crippen LogP) is 4.63.